The molecule has 0 saturated heterocycles. The van der Waals surface area contributed by atoms with Gasteiger partial charge in [0.15, 0.2) is 0 Å². The number of carboxylic acid groups (broad SMARTS) is 1. The molecule has 2 N–H and O–H groups in total. The number of aryl methyl sites for hydroxylation is 1. The number of hydrogen-bond acceptors (Lipinski definition) is 1. The smallest absolute Gasteiger partial charge is 0.352 e. The molecule has 0 unspecified atom stereocenters. The van der Waals surface area contributed by atoms with Crippen LogP contribution in [0.4, 0.5) is 0 Å². The van der Waals surface area contributed by atoms with Crippen molar-refractivity contribution in [2.45, 2.75) is 25.2 Å². The van der Waals surface area contributed by atoms with Crippen LogP contribution in [0.5, 0.6) is 0 Å². The lowest BCUT2D eigenvalue weighted by atomic mass is 10.0. The molecule has 1 aromatic carbocycles. The summed E-state index contributed by atoms with van der Waals surface area (Å²) in [7, 11) is 0. The van der Waals surface area contributed by atoms with Gasteiger partial charge in [-0.3, -0.25) is 0 Å². The van der Waals surface area contributed by atoms with Gasteiger partial charge < -0.3 is 10.1 Å². The molecule has 0 aliphatic heterocycles. The fraction of sp³-hybridized carbons (Fsp3) is 0.353. The van der Waals surface area contributed by atoms with Crippen molar-refractivity contribution >= 4 is 5.97 Å². The van der Waals surface area contributed by atoms with Crippen LogP contribution in [-0.4, -0.2) is 16.1 Å². The summed E-state index contributed by atoms with van der Waals surface area (Å²) < 4.78 is 0. The maximum absolute atomic E-state index is 11.0. The number of aromatic amines is 1. The average molecular weight is 267 g/mol. The second-order valence-corrected chi connectivity index (χ2v) is 6.00. The number of H-pyrrole nitrogens is 1. The molecule has 1 aromatic heterocycles. The number of nitrogens with one attached hydrogen (secondary N) is 1. The van der Waals surface area contributed by atoms with Crippen LogP contribution in [0.3, 0.4) is 0 Å². The molecule has 20 heavy (non-hydrogen) atoms. The normalized spacial score (nSPS) is 26.1. The Morgan fingerprint density at radius 1 is 1.30 bits per heavy atom. The average Bonchev–Trinajstić information content (AvgIpc) is 2.81. The van der Waals surface area contributed by atoms with Gasteiger partial charge in [-0.05, 0) is 54.2 Å². The van der Waals surface area contributed by atoms with Gasteiger partial charge in [-0.25, -0.2) is 4.79 Å². The van der Waals surface area contributed by atoms with E-state index in [9.17, 15) is 4.79 Å². The number of aromatic carboxylic acids is 1. The first-order chi connectivity index (χ1) is 9.74. The lowest BCUT2D eigenvalue weighted by Crippen LogP contribution is -1.98. The Labute approximate surface area is 117 Å². The molecule has 0 bridgehead atoms. The van der Waals surface area contributed by atoms with E-state index >= 15 is 0 Å². The SMILES string of the molecule is O=C(O)c1cc2c([nH]1)C[C@@H]1[C@H](CCc3ccccc3)[C@H]21. The molecule has 4 rings (SSSR count). The summed E-state index contributed by atoms with van der Waals surface area (Å²) in [5.74, 6) is 1.26. The first-order valence-corrected chi connectivity index (χ1v) is 7.23. The number of carboxylic acids is 1. The van der Waals surface area contributed by atoms with Gasteiger partial charge in [0.25, 0.3) is 0 Å². The monoisotopic (exact) mass is 267 g/mol. The highest BCUT2D eigenvalue weighted by molar-refractivity contribution is 5.86. The van der Waals surface area contributed by atoms with Crippen LogP contribution in [0.25, 0.3) is 0 Å². The van der Waals surface area contributed by atoms with Crippen molar-refractivity contribution < 1.29 is 9.90 Å². The Morgan fingerprint density at radius 2 is 2.10 bits per heavy atom. The summed E-state index contributed by atoms with van der Waals surface area (Å²) in [5.41, 5.74) is 4.18. The van der Waals surface area contributed by atoms with Gasteiger partial charge in [0.05, 0.1) is 0 Å². The third-order valence-electron chi connectivity index (χ3n) is 4.90. The van der Waals surface area contributed by atoms with Crippen molar-refractivity contribution in [3.8, 4) is 0 Å². The summed E-state index contributed by atoms with van der Waals surface area (Å²) in [4.78, 5) is 14.0. The Bertz CT molecular complexity index is 659. The van der Waals surface area contributed by atoms with Crippen LogP contribution < -0.4 is 0 Å². The summed E-state index contributed by atoms with van der Waals surface area (Å²) in [5, 5.41) is 9.03. The van der Waals surface area contributed by atoms with Crippen molar-refractivity contribution in [1.82, 2.24) is 4.98 Å². The van der Waals surface area contributed by atoms with Crippen molar-refractivity contribution in [2.24, 2.45) is 11.8 Å². The van der Waals surface area contributed by atoms with Crippen molar-refractivity contribution in [1.29, 1.82) is 0 Å². The summed E-state index contributed by atoms with van der Waals surface area (Å²) in [6, 6.07) is 12.4. The number of fused-ring (bicyclic) bond motifs is 3. The van der Waals surface area contributed by atoms with Gasteiger partial charge in [0.1, 0.15) is 5.69 Å². The van der Waals surface area contributed by atoms with Crippen LogP contribution in [0.15, 0.2) is 36.4 Å². The molecule has 0 spiro atoms. The molecule has 2 aliphatic rings. The Balaban J connectivity index is 1.44. The second kappa shape index (κ2) is 4.23. The van der Waals surface area contributed by atoms with E-state index in [0.717, 1.165) is 30.4 Å². The number of carbonyl (C=O) groups is 1. The molecule has 0 amide bonds. The van der Waals surface area contributed by atoms with Crippen LogP contribution in [0, 0.1) is 11.8 Å². The van der Waals surface area contributed by atoms with Gasteiger partial charge in [-0.1, -0.05) is 30.3 Å². The fourth-order valence-electron chi connectivity index (χ4n) is 3.89. The molecule has 1 saturated carbocycles. The van der Waals surface area contributed by atoms with Gasteiger partial charge in [-0.2, -0.15) is 0 Å². The zero-order valence-electron chi connectivity index (χ0n) is 11.2. The molecule has 102 valence electrons. The fourth-order valence-corrected chi connectivity index (χ4v) is 3.89. The highest BCUT2D eigenvalue weighted by atomic mass is 16.4. The zero-order chi connectivity index (χ0) is 13.7. The first kappa shape index (κ1) is 11.8. The zero-order valence-corrected chi connectivity index (χ0v) is 11.2. The first-order valence-electron chi connectivity index (χ1n) is 7.23. The predicted molar refractivity (Wildman–Crippen MR) is 75.9 cm³/mol. The molecule has 2 aliphatic carbocycles. The lowest BCUT2D eigenvalue weighted by Gasteiger charge is -2.04. The van der Waals surface area contributed by atoms with E-state index < -0.39 is 5.97 Å². The van der Waals surface area contributed by atoms with Crippen LogP contribution in [-0.2, 0) is 12.8 Å². The minimum atomic E-state index is -0.850. The standard InChI is InChI=1S/C17H17NO2/c19-17(20)15-9-13-14(18-15)8-12-11(16(12)13)7-6-10-4-2-1-3-5-10/h1-5,9,11-12,16,18H,6-8H2,(H,19,20)/t11-,12+,16-/m0/s1. The molecule has 1 fully saturated rings. The highest BCUT2D eigenvalue weighted by Gasteiger charge is 2.55. The van der Waals surface area contributed by atoms with Crippen LogP contribution in [0.1, 0.15) is 39.6 Å². The highest BCUT2D eigenvalue weighted by Crippen LogP contribution is 2.63. The molecule has 3 atom stereocenters. The number of aromatic nitrogens is 1. The molecule has 2 aromatic rings. The molecule has 1 heterocycles. The van der Waals surface area contributed by atoms with E-state index in [4.69, 9.17) is 5.11 Å². The molecular formula is C17H17NO2. The molecule has 3 heteroatoms. The summed E-state index contributed by atoms with van der Waals surface area (Å²) >= 11 is 0. The van der Waals surface area contributed by atoms with Gasteiger partial charge in [0.2, 0.25) is 0 Å². The van der Waals surface area contributed by atoms with Crippen molar-refractivity contribution in [3.05, 3.63) is 58.9 Å². The second-order valence-electron chi connectivity index (χ2n) is 6.00. The minimum absolute atomic E-state index is 0.349. The lowest BCUT2D eigenvalue weighted by molar-refractivity contribution is 0.0691. The van der Waals surface area contributed by atoms with E-state index in [0.29, 0.717) is 11.6 Å². The van der Waals surface area contributed by atoms with E-state index in [-0.39, 0.29) is 0 Å². The van der Waals surface area contributed by atoms with E-state index in [1.54, 1.807) is 0 Å². The summed E-state index contributed by atoms with van der Waals surface area (Å²) in [6.45, 7) is 0. The van der Waals surface area contributed by atoms with E-state index in [2.05, 4.69) is 35.3 Å². The van der Waals surface area contributed by atoms with E-state index in [1.807, 2.05) is 6.07 Å². The Hall–Kier alpha value is -2.03. The van der Waals surface area contributed by atoms with Crippen LogP contribution in [0.2, 0.25) is 0 Å². The van der Waals surface area contributed by atoms with Gasteiger partial charge in [-0.15, -0.1) is 0 Å². The van der Waals surface area contributed by atoms with Crippen LogP contribution >= 0.6 is 0 Å². The Kier molecular flexibility index (Phi) is 2.49. The van der Waals surface area contributed by atoms with Crippen molar-refractivity contribution in [2.75, 3.05) is 0 Å². The maximum Gasteiger partial charge on any atom is 0.352 e. The largest absolute Gasteiger partial charge is 0.477 e. The minimum Gasteiger partial charge on any atom is -0.477 e. The van der Waals surface area contributed by atoms with Gasteiger partial charge >= 0.3 is 5.97 Å². The van der Waals surface area contributed by atoms with E-state index in [1.165, 1.54) is 17.5 Å². The Morgan fingerprint density at radius 3 is 2.85 bits per heavy atom. The maximum atomic E-state index is 11.0. The third-order valence-corrected chi connectivity index (χ3v) is 4.90. The molecule has 3 nitrogen and oxygen atoms in total. The van der Waals surface area contributed by atoms with Gasteiger partial charge in [0, 0.05) is 5.69 Å². The van der Waals surface area contributed by atoms with Crippen molar-refractivity contribution in [3.63, 3.8) is 0 Å². The quantitative estimate of drug-likeness (QED) is 0.893. The molecular weight excluding hydrogens is 250 g/mol. The summed E-state index contributed by atoms with van der Waals surface area (Å²) in [6.07, 6.45) is 3.38. The number of benzene rings is 1. The number of hydrogen-bond donors (Lipinski definition) is 2. The molecule has 0 radical (unpaired) electrons. The third kappa shape index (κ3) is 1.77. The number of rotatable bonds is 4. The predicted octanol–water partition coefficient (Wildman–Crippen LogP) is 3.23. The topological polar surface area (TPSA) is 53.1 Å².